The highest BCUT2D eigenvalue weighted by Crippen LogP contribution is 2.43. The van der Waals surface area contributed by atoms with Crippen molar-refractivity contribution >= 4 is 28.3 Å². The molecule has 0 radical (unpaired) electrons. The number of nitrogen functional groups attached to an aromatic ring is 1. The Balaban J connectivity index is 1.23. The Morgan fingerprint density at radius 1 is 1.06 bits per heavy atom. The standard InChI is InChI=1S/C23H22N10O/c24-20-8-19(13-6-15-2-3-16(7-13)32(15)23(34)21-25-11-27-31-21)29-22-17(10-28-33(20)22)12-1-4-18-14(5-12)9-26-30-18/h1,4-5,8-11,13,15-16H,2-3,6-7,24H2,(H,26,30)(H,25,27,31)/t13-,15+,16-. The summed E-state index contributed by atoms with van der Waals surface area (Å²) in [5.74, 6) is 1.02. The number of hydrogen-bond acceptors (Lipinski definition) is 7. The van der Waals surface area contributed by atoms with Gasteiger partial charge in [-0.15, -0.1) is 0 Å². The number of aromatic nitrogens is 8. The number of nitrogens with two attached hydrogens (primary N) is 1. The van der Waals surface area contributed by atoms with E-state index in [-0.39, 0.29) is 23.9 Å². The predicted molar refractivity (Wildman–Crippen MR) is 124 cm³/mol. The van der Waals surface area contributed by atoms with Gasteiger partial charge in [0.1, 0.15) is 12.1 Å². The Morgan fingerprint density at radius 3 is 2.71 bits per heavy atom. The maximum Gasteiger partial charge on any atom is 0.291 e. The van der Waals surface area contributed by atoms with Gasteiger partial charge in [-0.2, -0.15) is 19.8 Å². The number of piperidine rings is 1. The number of fused-ring (bicyclic) bond motifs is 4. The highest BCUT2D eigenvalue weighted by Gasteiger charge is 2.45. The van der Waals surface area contributed by atoms with Gasteiger partial charge >= 0.3 is 0 Å². The van der Waals surface area contributed by atoms with E-state index in [0.29, 0.717) is 11.6 Å². The van der Waals surface area contributed by atoms with Gasteiger partial charge in [0.15, 0.2) is 5.65 Å². The molecule has 2 bridgehead atoms. The number of rotatable bonds is 3. The average Bonchev–Trinajstić information content (AvgIpc) is 3.64. The van der Waals surface area contributed by atoms with E-state index < -0.39 is 0 Å². The zero-order valence-electron chi connectivity index (χ0n) is 18.2. The Labute approximate surface area is 193 Å². The van der Waals surface area contributed by atoms with Crippen molar-refractivity contribution in [3.8, 4) is 11.1 Å². The molecule has 7 rings (SSSR count). The number of carbonyl (C=O) groups excluding carboxylic acids is 1. The summed E-state index contributed by atoms with van der Waals surface area (Å²) in [5.41, 5.74) is 11.0. The molecule has 1 aromatic carbocycles. The summed E-state index contributed by atoms with van der Waals surface area (Å²) in [7, 11) is 0. The molecular formula is C23H22N10O. The molecule has 2 aliphatic rings. The molecule has 11 heteroatoms. The van der Waals surface area contributed by atoms with Crippen LogP contribution in [0, 0.1) is 0 Å². The minimum absolute atomic E-state index is 0.0703. The van der Waals surface area contributed by atoms with Crippen LogP contribution in [0.3, 0.4) is 0 Å². The third-order valence-corrected chi connectivity index (χ3v) is 7.27. The van der Waals surface area contributed by atoms with Crippen LogP contribution in [0.1, 0.15) is 47.9 Å². The molecule has 4 aromatic heterocycles. The number of carbonyl (C=O) groups is 1. The van der Waals surface area contributed by atoms with Gasteiger partial charge in [0, 0.05) is 40.7 Å². The molecule has 1 amide bonds. The van der Waals surface area contributed by atoms with Crippen molar-refractivity contribution in [2.24, 2.45) is 0 Å². The lowest BCUT2D eigenvalue weighted by atomic mass is 9.87. The van der Waals surface area contributed by atoms with E-state index in [4.69, 9.17) is 10.7 Å². The second-order valence-electron chi connectivity index (χ2n) is 9.17. The summed E-state index contributed by atoms with van der Waals surface area (Å²) in [6.45, 7) is 0. The lowest BCUT2D eigenvalue weighted by Gasteiger charge is -2.38. The van der Waals surface area contributed by atoms with E-state index >= 15 is 0 Å². The van der Waals surface area contributed by atoms with E-state index in [1.165, 1.54) is 6.33 Å². The first-order chi connectivity index (χ1) is 16.7. The van der Waals surface area contributed by atoms with Crippen LogP contribution >= 0.6 is 0 Å². The molecule has 170 valence electrons. The first-order valence-corrected chi connectivity index (χ1v) is 11.4. The quantitative estimate of drug-likeness (QED) is 0.379. The smallest absolute Gasteiger partial charge is 0.291 e. The van der Waals surface area contributed by atoms with Gasteiger partial charge in [-0.3, -0.25) is 15.0 Å². The van der Waals surface area contributed by atoms with Crippen LogP contribution in [0.25, 0.3) is 27.7 Å². The van der Waals surface area contributed by atoms with Gasteiger partial charge in [-0.05, 0) is 43.4 Å². The molecular weight excluding hydrogens is 432 g/mol. The fourth-order valence-electron chi connectivity index (χ4n) is 5.71. The minimum Gasteiger partial charge on any atom is -0.384 e. The maximum atomic E-state index is 13.0. The lowest BCUT2D eigenvalue weighted by Crippen LogP contribution is -2.46. The molecule has 4 N–H and O–H groups in total. The summed E-state index contributed by atoms with van der Waals surface area (Å²) in [6.07, 6.45) is 8.67. The second-order valence-corrected chi connectivity index (χ2v) is 9.17. The number of nitrogens with zero attached hydrogens (tertiary/aromatic N) is 7. The monoisotopic (exact) mass is 454 g/mol. The second kappa shape index (κ2) is 7.11. The molecule has 0 unspecified atom stereocenters. The molecule has 6 heterocycles. The SMILES string of the molecule is Nc1cc([C@H]2C[C@H]3CC[C@@H](C2)N3C(=O)c2ncn[nH]2)nc2c(-c3ccc4[nH]ncc4c3)cnn12. The minimum atomic E-state index is -0.0703. The summed E-state index contributed by atoms with van der Waals surface area (Å²) in [6, 6.07) is 8.38. The van der Waals surface area contributed by atoms with Crippen LogP contribution in [0.4, 0.5) is 5.82 Å². The van der Waals surface area contributed by atoms with E-state index in [9.17, 15) is 4.79 Å². The molecule has 2 aliphatic heterocycles. The molecule has 2 fully saturated rings. The highest BCUT2D eigenvalue weighted by atomic mass is 16.2. The Kier molecular flexibility index (Phi) is 4.02. The van der Waals surface area contributed by atoms with Crippen molar-refractivity contribution in [1.29, 1.82) is 0 Å². The Morgan fingerprint density at radius 2 is 1.91 bits per heavy atom. The number of amides is 1. The van der Waals surface area contributed by atoms with Crippen molar-refractivity contribution in [2.75, 3.05) is 5.73 Å². The van der Waals surface area contributed by atoms with Crippen molar-refractivity contribution < 1.29 is 4.79 Å². The van der Waals surface area contributed by atoms with E-state index in [1.807, 2.05) is 29.3 Å². The summed E-state index contributed by atoms with van der Waals surface area (Å²) < 4.78 is 1.69. The number of benzene rings is 1. The third-order valence-electron chi connectivity index (χ3n) is 7.27. The van der Waals surface area contributed by atoms with Crippen LogP contribution in [0.5, 0.6) is 0 Å². The van der Waals surface area contributed by atoms with E-state index in [1.54, 1.807) is 10.7 Å². The largest absolute Gasteiger partial charge is 0.384 e. The van der Waals surface area contributed by atoms with Crippen LogP contribution in [0.15, 0.2) is 43.0 Å². The Bertz CT molecular complexity index is 1520. The summed E-state index contributed by atoms with van der Waals surface area (Å²) >= 11 is 0. The first kappa shape index (κ1) is 19.2. The van der Waals surface area contributed by atoms with E-state index in [2.05, 4.69) is 36.5 Å². The fraction of sp³-hybridized carbons (Fsp3) is 0.304. The molecule has 0 spiro atoms. The van der Waals surface area contributed by atoms with Crippen molar-refractivity contribution in [1.82, 2.24) is 44.9 Å². The van der Waals surface area contributed by atoms with Crippen molar-refractivity contribution in [2.45, 2.75) is 43.7 Å². The predicted octanol–water partition coefficient (Wildman–Crippen LogP) is 2.52. The fourth-order valence-corrected chi connectivity index (χ4v) is 5.71. The molecule has 2 saturated heterocycles. The van der Waals surface area contributed by atoms with Crippen LogP contribution < -0.4 is 5.73 Å². The zero-order chi connectivity index (χ0) is 22.8. The zero-order valence-corrected chi connectivity index (χ0v) is 18.2. The number of aromatic amines is 2. The van der Waals surface area contributed by atoms with Gasteiger partial charge in [0.05, 0.1) is 17.9 Å². The van der Waals surface area contributed by atoms with Gasteiger partial charge in [0.2, 0.25) is 5.82 Å². The summed E-state index contributed by atoms with van der Waals surface area (Å²) in [5, 5.41) is 19.1. The molecule has 5 aromatic rings. The molecule has 3 atom stereocenters. The molecule has 34 heavy (non-hydrogen) atoms. The van der Waals surface area contributed by atoms with Crippen LogP contribution in [0.2, 0.25) is 0 Å². The normalized spacial score (nSPS) is 22.1. The van der Waals surface area contributed by atoms with Gasteiger partial charge in [0.25, 0.3) is 5.91 Å². The highest BCUT2D eigenvalue weighted by molar-refractivity contribution is 5.91. The van der Waals surface area contributed by atoms with Gasteiger partial charge < -0.3 is 10.6 Å². The van der Waals surface area contributed by atoms with Crippen molar-refractivity contribution in [3.05, 3.63) is 54.5 Å². The van der Waals surface area contributed by atoms with Crippen LogP contribution in [-0.2, 0) is 0 Å². The summed E-state index contributed by atoms with van der Waals surface area (Å²) in [4.78, 5) is 24.1. The van der Waals surface area contributed by atoms with Crippen molar-refractivity contribution in [3.63, 3.8) is 0 Å². The van der Waals surface area contributed by atoms with E-state index in [0.717, 1.165) is 59.1 Å². The molecule has 11 nitrogen and oxygen atoms in total. The number of anilines is 1. The topological polar surface area (TPSA) is 147 Å². The molecule has 0 saturated carbocycles. The number of hydrogen-bond donors (Lipinski definition) is 3. The number of nitrogens with one attached hydrogen (secondary N) is 2. The van der Waals surface area contributed by atoms with Crippen LogP contribution in [-0.4, -0.2) is 62.9 Å². The average molecular weight is 454 g/mol. The molecule has 0 aliphatic carbocycles. The lowest BCUT2D eigenvalue weighted by molar-refractivity contribution is 0.0557. The maximum absolute atomic E-state index is 13.0. The van der Waals surface area contributed by atoms with Gasteiger partial charge in [-0.25, -0.2) is 9.97 Å². The number of H-pyrrole nitrogens is 2. The third kappa shape index (κ3) is 2.82. The Hall–Kier alpha value is -4.28. The van der Waals surface area contributed by atoms with Gasteiger partial charge in [-0.1, -0.05) is 6.07 Å². The first-order valence-electron chi connectivity index (χ1n) is 11.4.